The van der Waals surface area contributed by atoms with Gasteiger partial charge in [-0.15, -0.1) is 0 Å². The van der Waals surface area contributed by atoms with Crippen LogP contribution < -0.4 is 20.3 Å². The zero-order valence-electron chi connectivity index (χ0n) is 18.6. The summed E-state index contributed by atoms with van der Waals surface area (Å²) in [7, 11) is 0. The van der Waals surface area contributed by atoms with Crippen LogP contribution in [0, 0.1) is 11.3 Å². The minimum absolute atomic E-state index is 0.199. The summed E-state index contributed by atoms with van der Waals surface area (Å²) in [5.41, 5.74) is -2.21. The number of ether oxygens (including phenoxy) is 2. The first-order valence-electron chi connectivity index (χ1n) is 10.4. The molecular weight excluding hydrogens is 514 g/mol. The monoisotopic (exact) mass is 532 g/mol. The number of hydrogen-bond acceptors (Lipinski definition) is 6. The fourth-order valence-electron chi connectivity index (χ4n) is 3.43. The van der Waals surface area contributed by atoms with E-state index in [0.29, 0.717) is 16.7 Å². The fraction of sp³-hybridized carbons (Fsp3) is 0.318. The molecule has 2 amide bonds. The molecule has 3 rings (SSSR count). The van der Waals surface area contributed by atoms with E-state index in [0.717, 1.165) is 12.1 Å². The summed E-state index contributed by atoms with van der Waals surface area (Å²) < 4.78 is 91.2. The van der Waals surface area contributed by atoms with Crippen LogP contribution in [0.3, 0.4) is 0 Å². The maximum absolute atomic E-state index is 13.6. The van der Waals surface area contributed by atoms with E-state index < -0.39 is 66.6 Å². The van der Waals surface area contributed by atoms with Gasteiger partial charge in [0.25, 0.3) is 0 Å². The van der Waals surface area contributed by atoms with Gasteiger partial charge < -0.3 is 30.1 Å². The van der Waals surface area contributed by atoms with Crippen LogP contribution in [0.15, 0.2) is 42.5 Å². The first kappa shape index (κ1) is 27.4. The Hall–Kier alpha value is -4.19. The minimum Gasteiger partial charge on any atom is -0.491 e. The van der Waals surface area contributed by atoms with Crippen molar-refractivity contribution in [2.75, 3.05) is 29.9 Å². The van der Waals surface area contributed by atoms with Gasteiger partial charge >= 0.3 is 18.4 Å². The first-order chi connectivity index (χ1) is 17.3. The number of hydrogen-bond donors (Lipinski definition) is 3. The summed E-state index contributed by atoms with van der Waals surface area (Å²) in [6.45, 7) is -1.30. The van der Waals surface area contributed by atoms with Gasteiger partial charge in [0.1, 0.15) is 25.0 Å². The van der Waals surface area contributed by atoms with Crippen molar-refractivity contribution >= 4 is 23.4 Å². The van der Waals surface area contributed by atoms with Crippen LogP contribution in [0.4, 0.5) is 42.5 Å². The number of rotatable bonds is 7. The molecule has 2 aromatic carbocycles. The van der Waals surface area contributed by atoms with E-state index in [2.05, 4.69) is 5.32 Å². The number of alkyl halides is 6. The van der Waals surface area contributed by atoms with Gasteiger partial charge in [0.05, 0.1) is 23.7 Å². The molecular formula is C22H18F6N4O5. The molecule has 0 aliphatic carbocycles. The highest BCUT2D eigenvalue weighted by Gasteiger charge is 2.51. The van der Waals surface area contributed by atoms with Crippen molar-refractivity contribution in [2.45, 2.75) is 24.7 Å². The topological polar surface area (TPSA) is 124 Å². The molecule has 1 heterocycles. The Morgan fingerprint density at radius 3 is 2.38 bits per heavy atom. The number of nitrogens with zero attached hydrogens (tertiary/aromatic N) is 2. The molecule has 0 aromatic heterocycles. The second kappa shape index (κ2) is 10.8. The van der Waals surface area contributed by atoms with Crippen molar-refractivity contribution in [3.63, 3.8) is 0 Å². The summed E-state index contributed by atoms with van der Waals surface area (Å²) in [5.74, 6) is -0.435. The second-order valence-electron chi connectivity index (χ2n) is 7.69. The fourth-order valence-corrected chi connectivity index (χ4v) is 3.43. The Labute approximate surface area is 205 Å². The van der Waals surface area contributed by atoms with Crippen molar-refractivity contribution in [2.24, 2.45) is 0 Å². The number of nitriles is 1. The van der Waals surface area contributed by atoms with Gasteiger partial charge in [-0.2, -0.15) is 31.6 Å². The highest BCUT2D eigenvalue weighted by molar-refractivity contribution is 5.93. The summed E-state index contributed by atoms with van der Waals surface area (Å²) in [4.78, 5) is 22.6. The molecule has 0 radical (unpaired) electrons. The molecule has 1 aliphatic rings. The molecule has 9 nitrogen and oxygen atoms in total. The van der Waals surface area contributed by atoms with E-state index in [1.807, 2.05) is 5.32 Å². The number of amides is 2. The van der Waals surface area contributed by atoms with Crippen LogP contribution >= 0.6 is 0 Å². The van der Waals surface area contributed by atoms with Gasteiger partial charge in [-0.3, -0.25) is 4.79 Å². The standard InChI is InChI=1S/C22H18F6N4O5/c23-21(24,25)17-7-14(4-1-12(17)8-29)32-10-16(37-19(32)22(26,27)28)11-36-15-5-2-13(3-6-15)31-18(33)9-30-20(34)35/h1-7,16,19,30H,9-11H2,(H,31,33)(H,34,35)/t16-,19+/m0/s1. The predicted octanol–water partition coefficient (Wildman–Crippen LogP) is 3.96. The average molecular weight is 532 g/mol. The molecule has 0 saturated carbocycles. The van der Waals surface area contributed by atoms with Crippen LogP contribution in [0.25, 0.3) is 0 Å². The number of carbonyl (C=O) groups excluding carboxylic acids is 1. The van der Waals surface area contributed by atoms with Crippen LogP contribution in [-0.2, 0) is 15.7 Å². The van der Waals surface area contributed by atoms with Crippen molar-refractivity contribution < 1.29 is 50.5 Å². The van der Waals surface area contributed by atoms with Gasteiger partial charge in [-0.25, -0.2) is 4.79 Å². The van der Waals surface area contributed by atoms with E-state index in [4.69, 9.17) is 19.8 Å². The number of anilines is 2. The van der Waals surface area contributed by atoms with E-state index in [-0.39, 0.29) is 12.4 Å². The third-order valence-electron chi connectivity index (χ3n) is 5.02. The van der Waals surface area contributed by atoms with Crippen molar-refractivity contribution in [3.05, 3.63) is 53.6 Å². The Bertz CT molecular complexity index is 1180. The van der Waals surface area contributed by atoms with Crippen molar-refractivity contribution in [3.8, 4) is 11.8 Å². The number of carboxylic acid groups (broad SMARTS) is 1. The summed E-state index contributed by atoms with van der Waals surface area (Å²) in [6, 6.07) is 9.23. The smallest absolute Gasteiger partial charge is 0.433 e. The Morgan fingerprint density at radius 2 is 1.81 bits per heavy atom. The van der Waals surface area contributed by atoms with Gasteiger partial charge in [-0.1, -0.05) is 0 Å². The molecule has 0 bridgehead atoms. The molecule has 15 heteroatoms. The van der Waals surface area contributed by atoms with Crippen LogP contribution in [0.1, 0.15) is 11.1 Å². The summed E-state index contributed by atoms with van der Waals surface area (Å²) >= 11 is 0. The maximum atomic E-state index is 13.6. The molecule has 2 aromatic rings. The molecule has 2 atom stereocenters. The number of benzene rings is 2. The van der Waals surface area contributed by atoms with E-state index in [1.54, 1.807) is 0 Å². The van der Waals surface area contributed by atoms with Gasteiger partial charge in [0.15, 0.2) is 0 Å². The molecule has 37 heavy (non-hydrogen) atoms. The normalized spacial score (nSPS) is 17.7. The maximum Gasteiger partial charge on any atom is 0.433 e. The number of halogens is 6. The predicted molar refractivity (Wildman–Crippen MR) is 115 cm³/mol. The Balaban J connectivity index is 1.68. The van der Waals surface area contributed by atoms with Gasteiger partial charge in [0.2, 0.25) is 12.1 Å². The Morgan fingerprint density at radius 1 is 1.14 bits per heavy atom. The Kier molecular flexibility index (Phi) is 8.02. The quantitative estimate of drug-likeness (QED) is 0.462. The SMILES string of the molecule is N#Cc1ccc(N2C[C@@H](COc3ccc(NC(=O)CNC(=O)O)cc3)O[C@@H]2C(F)(F)F)cc1C(F)(F)F. The molecule has 1 saturated heterocycles. The zero-order chi connectivity index (χ0) is 27.4. The van der Waals surface area contributed by atoms with Gasteiger partial charge in [-0.05, 0) is 42.5 Å². The van der Waals surface area contributed by atoms with Crippen LogP contribution in [0.2, 0.25) is 0 Å². The van der Waals surface area contributed by atoms with E-state index >= 15 is 0 Å². The average Bonchev–Trinajstić information content (AvgIpc) is 3.26. The van der Waals surface area contributed by atoms with Crippen LogP contribution in [-0.4, -0.2) is 55.3 Å². The lowest BCUT2D eigenvalue weighted by molar-refractivity contribution is -0.215. The van der Waals surface area contributed by atoms with E-state index in [1.165, 1.54) is 30.3 Å². The molecule has 0 unspecified atom stereocenters. The van der Waals surface area contributed by atoms with Gasteiger partial charge in [0, 0.05) is 11.4 Å². The zero-order valence-corrected chi connectivity index (χ0v) is 18.6. The lowest BCUT2D eigenvalue weighted by Crippen LogP contribution is -2.42. The highest BCUT2D eigenvalue weighted by atomic mass is 19.4. The molecule has 1 fully saturated rings. The highest BCUT2D eigenvalue weighted by Crippen LogP contribution is 2.39. The molecule has 3 N–H and O–H groups in total. The van der Waals surface area contributed by atoms with Crippen LogP contribution in [0.5, 0.6) is 5.75 Å². The largest absolute Gasteiger partial charge is 0.491 e. The lowest BCUT2D eigenvalue weighted by Gasteiger charge is -2.27. The first-order valence-corrected chi connectivity index (χ1v) is 10.4. The minimum atomic E-state index is -4.95. The molecule has 198 valence electrons. The summed E-state index contributed by atoms with van der Waals surface area (Å²) in [6.07, 6.45) is -15.0. The molecule has 0 spiro atoms. The third-order valence-corrected chi connectivity index (χ3v) is 5.02. The second-order valence-corrected chi connectivity index (χ2v) is 7.69. The lowest BCUT2D eigenvalue weighted by atomic mass is 10.1. The van der Waals surface area contributed by atoms with Crippen molar-refractivity contribution in [1.29, 1.82) is 5.26 Å². The summed E-state index contributed by atoms with van der Waals surface area (Å²) in [5, 5.41) is 21.7. The number of carbonyl (C=O) groups is 2. The van der Waals surface area contributed by atoms with E-state index in [9.17, 15) is 35.9 Å². The van der Waals surface area contributed by atoms with Crippen molar-refractivity contribution in [1.82, 2.24) is 5.32 Å². The number of nitrogens with one attached hydrogen (secondary N) is 2. The molecule has 1 aliphatic heterocycles. The third kappa shape index (κ3) is 7.17.